The van der Waals surface area contributed by atoms with Gasteiger partial charge in [-0.15, -0.1) is 0 Å². The first-order valence-corrected chi connectivity index (χ1v) is 16.2. The van der Waals surface area contributed by atoms with E-state index in [2.05, 4.69) is 193 Å². The van der Waals surface area contributed by atoms with Crippen molar-refractivity contribution in [1.29, 1.82) is 0 Å². The zero-order valence-corrected chi connectivity index (χ0v) is 25.8. The predicted octanol–water partition coefficient (Wildman–Crippen LogP) is 13.1. The minimum absolute atomic E-state index is 1.12. The summed E-state index contributed by atoms with van der Waals surface area (Å²) >= 11 is 0. The highest BCUT2D eigenvalue weighted by Gasteiger charge is 2.19. The maximum atomic E-state index is 2.43. The van der Waals surface area contributed by atoms with Crippen LogP contribution in [0.2, 0.25) is 0 Å². The van der Waals surface area contributed by atoms with Crippen LogP contribution in [0.4, 0.5) is 17.1 Å². The molecule has 220 valence electrons. The smallest absolute Gasteiger partial charge is 0.0546 e. The van der Waals surface area contributed by atoms with Crippen molar-refractivity contribution in [3.05, 3.63) is 188 Å². The first kappa shape index (κ1) is 27.2. The molecule has 47 heavy (non-hydrogen) atoms. The molecule has 9 aromatic rings. The van der Waals surface area contributed by atoms with Gasteiger partial charge in [-0.3, -0.25) is 0 Å². The standard InChI is InChI=1S/C46H31N/c1-2-11-32(12-3-1)34-23-26-39(27-24-34)47(40-17-10-16-37(30-40)38-22-21-33-13-4-5-15-36(33)29-38)46-31-45-41-18-7-6-14-35(41)25-28-43(45)42-19-8-9-20-44(42)46/h1-31H. The minimum atomic E-state index is 1.12. The number of benzene rings is 9. The van der Waals surface area contributed by atoms with Gasteiger partial charge in [0.05, 0.1) is 5.69 Å². The molecule has 0 aliphatic rings. The van der Waals surface area contributed by atoms with Crippen LogP contribution >= 0.6 is 0 Å². The molecule has 9 rings (SSSR count). The lowest BCUT2D eigenvalue weighted by atomic mass is 9.94. The van der Waals surface area contributed by atoms with Gasteiger partial charge in [0.15, 0.2) is 0 Å². The predicted molar refractivity (Wildman–Crippen MR) is 202 cm³/mol. The van der Waals surface area contributed by atoms with Crippen LogP contribution in [0.1, 0.15) is 0 Å². The van der Waals surface area contributed by atoms with Crippen molar-refractivity contribution in [3.63, 3.8) is 0 Å². The Labute approximate surface area is 274 Å². The van der Waals surface area contributed by atoms with E-state index in [-0.39, 0.29) is 0 Å². The van der Waals surface area contributed by atoms with Crippen molar-refractivity contribution >= 4 is 60.2 Å². The third kappa shape index (κ3) is 4.81. The Morgan fingerprint density at radius 3 is 1.66 bits per heavy atom. The highest BCUT2D eigenvalue weighted by Crippen LogP contribution is 2.44. The Bertz CT molecular complexity index is 2560. The largest absolute Gasteiger partial charge is 0.310 e. The maximum Gasteiger partial charge on any atom is 0.0546 e. The number of nitrogens with zero attached hydrogens (tertiary/aromatic N) is 1. The second kappa shape index (κ2) is 11.3. The Morgan fingerprint density at radius 2 is 0.830 bits per heavy atom. The van der Waals surface area contributed by atoms with Crippen LogP contribution in [0, 0.1) is 0 Å². The van der Waals surface area contributed by atoms with E-state index >= 15 is 0 Å². The Kier molecular flexibility index (Phi) is 6.54. The van der Waals surface area contributed by atoms with Crippen molar-refractivity contribution in [2.24, 2.45) is 0 Å². The summed E-state index contributed by atoms with van der Waals surface area (Å²) in [5, 5.41) is 10.0. The van der Waals surface area contributed by atoms with Crippen LogP contribution in [-0.4, -0.2) is 0 Å². The maximum absolute atomic E-state index is 2.43. The molecule has 1 heteroatoms. The van der Waals surface area contributed by atoms with Gasteiger partial charge in [-0.2, -0.15) is 0 Å². The van der Waals surface area contributed by atoms with E-state index in [0.29, 0.717) is 0 Å². The molecule has 0 saturated carbocycles. The molecule has 0 bridgehead atoms. The number of anilines is 3. The lowest BCUT2D eigenvalue weighted by Gasteiger charge is -2.28. The number of fused-ring (bicyclic) bond motifs is 6. The summed E-state index contributed by atoms with van der Waals surface area (Å²) in [4.78, 5) is 2.43. The molecule has 0 aliphatic carbocycles. The first-order valence-electron chi connectivity index (χ1n) is 16.2. The number of hydrogen-bond acceptors (Lipinski definition) is 1. The van der Waals surface area contributed by atoms with Crippen molar-refractivity contribution in [2.45, 2.75) is 0 Å². The molecule has 0 fully saturated rings. The summed E-state index contributed by atoms with van der Waals surface area (Å²) in [6.45, 7) is 0. The zero-order chi connectivity index (χ0) is 31.2. The van der Waals surface area contributed by atoms with Gasteiger partial charge in [-0.05, 0) is 96.4 Å². The highest BCUT2D eigenvalue weighted by molar-refractivity contribution is 6.21. The molecule has 0 aliphatic heterocycles. The first-order chi connectivity index (χ1) is 23.3. The van der Waals surface area contributed by atoms with Crippen LogP contribution in [0.3, 0.4) is 0 Å². The van der Waals surface area contributed by atoms with Crippen molar-refractivity contribution in [1.82, 2.24) is 0 Å². The minimum Gasteiger partial charge on any atom is -0.310 e. The molecule has 0 spiro atoms. The van der Waals surface area contributed by atoms with Gasteiger partial charge in [0.2, 0.25) is 0 Å². The molecule has 0 saturated heterocycles. The van der Waals surface area contributed by atoms with E-state index in [4.69, 9.17) is 0 Å². The van der Waals surface area contributed by atoms with E-state index < -0.39 is 0 Å². The van der Waals surface area contributed by atoms with Crippen molar-refractivity contribution < 1.29 is 0 Å². The normalized spacial score (nSPS) is 11.4. The van der Waals surface area contributed by atoms with Gasteiger partial charge < -0.3 is 4.90 Å². The lowest BCUT2D eigenvalue weighted by Crippen LogP contribution is -2.11. The average molecular weight is 598 g/mol. The van der Waals surface area contributed by atoms with Gasteiger partial charge in [-0.1, -0.05) is 152 Å². The third-order valence-electron chi connectivity index (χ3n) is 9.41. The fourth-order valence-corrected chi connectivity index (χ4v) is 7.08. The van der Waals surface area contributed by atoms with Gasteiger partial charge in [0.1, 0.15) is 0 Å². The quantitative estimate of drug-likeness (QED) is 0.178. The molecule has 9 aromatic carbocycles. The molecule has 0 atom stereocenters. The van der Waals surface area contributed by atoms with E-state index in [0.717, 1.165) is 17.1 Å². The molecule has 0 N–H and O–H groups in total. The summed E-state index contributed by atoms with van der Waals surface area (Å²) < 4.78 is 0. The second-order valence-corrected chi connectivity index (χ2v) is 12.2. The van der Waals surface area contributed by atoms with E-state index in [1.54, 1.807) is 0 Å². The summed E-state index contributed by atoms with van der Waals surface area (Å²) in [5.41, 5.74) is 8.21. The topological polar surface area (TPSA) is 3.24 Å². The van der Waals surface area contributed by atoms with Crippen LogP contribution < -0.4 is 4.90 Å². The fraction of sp³-hybridized carbons (Fsp3) is 0. The van der Waals surface area contributed by atoms with Crippen LogP contribution in [0.5, 0.6) is 0 Å². The molecular weight excluding hydrogens is 567 g/mol. The molecule has 0 amide bonds. The third-order valence-corrected chi connectivity index (χ3v) is 9.41. The summed E-state index contributed by atoms with van der Waals surface area (Å²) in [5.74, 6) is 0. The van der Waals surface area contributed by atoms with Gasteiger partial charge >= 0.3 is 0 Å². The Morgan fingerprint density at radius 1 is 0.255 bits per heavy atom. The van der Waals surface area contributed by atoms with Gasteiger partial charge in [0, 0.05) is 16.8 Å². The molecule has 0 heterocycles. The molecule has 0 radical (unpaired) electrons. The second-order valence-electron chi connectivity index (χ2n) is 12.2. The van der Waals surface area contributed by atoms with E-state index in [1.807, 2.05) is 0 Å². The molecular formula is C46H31N. The van der Waals surface area contributed by atoms with E-state index in [9.17, 15) is 0 Å². The number of rotatable bonds is 5. The summed E-state index contributed by atoms with van der Waals surface area (Å²) in [7, 11) is 0. The van der Waals surface area contributed by atoms with Crippen LogP contribution in [-0.2, 0) is 0 Å². The Hall–Kier alpha value is -6.18. The average Bonchev–Trinajstić information content (AvgIpc) is 3.15. The molecule has 1 nitrogen and oxygen atoms in total. The SMILES string of the molecule is c1ccc(-c2ccc(N(c3cccc(-c4ccc5ccccc5c4)c3)c3cc4c5ccccc5ccc4c4ccccc34)cc2)cc1. The van der Waals surface area contributed by atoms with E-state index in [1.165, 1.54) is 65.3 Å². The lowest BCUT2D eigenvalue weighted by molar-refractivity contribution is 1.30. The Balaban J connectivity index is 1.29. The summed E-state index contributed by atoms with van der Waals surface area (Å²) in [6.07, 6.45) is 0. The zero-order valence-electron chi connectivity index (χ0n) is 25.8. The number of hydrogen-bond donors (Lipinski definition) is 0. The van der Waals surface area contributed by atoms with Gasteiger partial charge in [-0.25, -0.2) is 0 Å². The van der Waals surface area contributed by atoms with Gasteiger partial charge in [0.25, 0.3) is 0 Å². The molecule has 0 aromatic heterocycles. The summed E-state index contributed by atoms with van der Waals surface area (Å²) in [6, 6.07) is 68.3. The van der Waals surface area contributed by atoms with Crippen molar-refractivity contribution in [3.8, 4) is 22.3 Å². The molecule has 0 unspecified atom stereocenters. The fourth-order valence-electron chi connectivity index (χ4n) is 7.08. The highest BCUT2D eigenvalue weighted by atomic mass is 15.1. The van der Waals surface area contributed by atoms with Crippen LogP contribution in [0.25, 0.3) is 65.3 Å². The van der Waals surface area contributed by atoms with Crippen LogP contribution in [0.15, 0.2) is 188 Å². The monoisotopic (exact) mass is 597 g/mol. The van der Waals surface area contributed by atoms with Crippen molar-refractivity contribution in [2.75, 3.05) is 4.90 Å².